The standard InChI is InChI=1S/C18H21ClN4O2S/c1-22(17(24)16-14(19)11-20-18(21-16)26-2)12-13-5-3-4-6-15(13)23-7-9-25-10-8-23/h3-6,11H,7-10,12H2,1-2H3. The Morgan fingerprint density at radius 1 is 1.35 bits per heavy atom. The van der Waals surface area contributed by atoms with Gasteiger partial charge in [0.15, 0.2) is 10.9 Å². The van der Waals surface area contributed by atoms with E-state index in [1.807, 2.05) is 24.5 Å². The summed E-state index contributed by atoms with van der Waals surface area (Å²) in [6.07, 6.45) is 3.34. The van der Waals surface area contributed by atoms with Crippen LogP contribution in [0.3, 0.4) is 0 Å². The smallest absolute Gasteiger partial charge is 0.274 e. The molecule has 0 aliphatic carbocycles. The van der Waals surface area contributed by atoms with Crippen molar-refractivity contribution in [2.24, 2.45) is 0 Å². The average molecular weight is 393 g/mol. The fraction of sp³-hybridized carbons (Fsp3) is 0.389. The summed E-state index contributed by atoms with van der Waals surface area (Å²) in [5.41, 5.74) is 2.45. The van der Waals surface area contributed by atoms with Crippen molar-refractivity contribution >= 4 is 35.0 Å². The lowest BCUT2D eigenvalue weighted by Crippen LogP contribution is -2.37. The Balaban J connectivity index is 1.80. The molecule has 0 unspecified atom stereocenters. The van der Waals surface area contributed by atoms with Crippen molar-refractivity contribution in [3.63, 3.8) is 0 Å². The van der Waals surface area contributed by atoms with Gasteiger partial charge in [-0.3, -0.25) is 4.79 Å². The van der Waals surface area contributed by atoms with Gasteiger partial charge >= 0.3 is 0 Å². The lowest BCUT2D eigenvalue weighted by molar-refractivity contribution is 0.0778. The summed E-state index contributed by atoms with van der Waals surface area (Å²) in [5, 5.41) is 0.793. The Morgan fingerprint density at radius 3 is 2.81 bits per heavy atom. The molecular weight excluding hydrogens is 372 g/mol. The first-order chi connectivity index (χ1) is 12.6. The van der Waals surface area contributed by atoms with E-state index in [-0.39, 0.29) is 16.6 Å². The molecule has 0 N–H and O–H groups in total. The first-order valence-corrected chi connectivity index (χ1v) is 9.93. The van der Waals surface area contributed by atoms with Crippen LogP contribution in [0.2, 0.25) is 5.02 Å². The number of anilines is 1. The Morgan fingerprint density at radius 2 is 2.08 bits per heavy atom. The third-order valence-electron chi connectivity index (χ3n) is 4.20. The van der Waals surface area contributed by atoms with E-state index < -0.39 is 0 Å². The summed E-state index contributed by atoms with van der Waals surface area (Å²) in [4.78, 5) is 25.1. The molecule has 6 nitrogen and oxygen atoms in total. The zero-order valence-electron chi connectivity index (χ0n) is 14.8. The number of ether oxygens (including phenoxy) is 1. The molecule has 1 fully saturated rings. The lowest BCUT2D eigenvalue weighted by Gasteiger charge is -2.31. The Hall–Kier alpha value is -1.83. The molecule has 2 heterocycles. The molecule has 0 radical (unpaired) electrons. The second-order valence-electron chi connectivity index (χ2n) is 5.94. The number of halogens is 1. The highest BCUT2D eigenvalue weighted by Gasteiger charge is 2.21. The maximum Gasteiger partial charge on any atom is 0.274 e. The number of benzene rings is 1. The van der Waals surface area contributed by atoms with Crippen LogP contribution >= 0.6 is 23.4 Å². The van der Waals surface area contributed by atoms with Crippen molar-refractivity contribution in [3.8, 4) is 0 Å². The zero-order chi connectivity index (χ0) is 18.5. The molecule has 1 aromatic carbocycles. The number of thioether (sulfide) groups is 1. The predicted molar refractivity (Wildman–Crippen MR) is 104 cm³/mol. The summed E-state index contributed by atoms with van der Waals surface area (Å²) in [7, 11) is 1.76. The third kappa shape index (κ3) is 4.28. The minimum atomic E-state index is -0.218. The summed E-state index contributed by atoms with van der Waals surface area (Å²) >= 11 is 7.52. The monoisotopic (exact) mass is 392 g/mol. The number of aromatic nitrogens is 2. The molecule has 0 spiro atoms. The average Bonchev–Trinajstić information content (AvgIpc) is 2.69. The van der Waals surface area contributed by atoms with E-state index in [1.165, 1.54) is 18.0 Å². The van der Waals surface area contributed by atoms with Gasteiger partial charge in [0.25, 0.3) is 5.91 Å². The molecular formula is C18H21ClN4O2S. The van der Waals surface area contributed by atoms with E-state index in [2.05, 4.69) is 20.9 Å². The van der Waals surface area contributed by atoms with Crippen LogP contribution < -0.4 is 4.90 Å². The maximum atomic E-state index is 12.8. The van der Waals surface area contributed by atoms with Gasteiger partial charge in [0.1, 0.15) is 0 Å². The molecule has 1 aliphatic rings. The van der Waals surface area contributed by atoms with Gasteiger partial charge in [0.2, 0.25) is 0 Å². The van der Waals surface area contributed by atoms with Crippen LogP contribution in [0.4, 0.5) is 5.69 Å². The van der Waals surface area contributed by atoms with E-state index in [9.17, 15) is 4.79 Å². The number of hydrogen-bond acceptors (Lipinski definition) is 6. The molecule has 0 bridgehead atoms. The van der Waals surface area contributed by atoms with Gasteiger partial charge in [-0.1, -0.05) is 41.6 Å². The van der Waals surface area contributed by atoms with Gasteiger partial charge in [-0.15, -0.1) is 0 Å². The number of nitrogens with zero attached hydrogens (tertiary/aromatic N) is 4. The van der Waals surface area contributed by atoms with Crippen molar-refractivity contribution in [1.29, 1.82) is 0 Å². The number of carbonyl (C=O) groups is 1. The van der Waals surface area contributed by atoms with Crippen LogP contribution in [0, 0.1) is 0 Å². The Bertz CT molecular complexity index is 784. The van der Waals surface area contributed by atoms with E-state index in [4.69, 9.17) is 16.3 Å². The van der Waals surface area contributed by atoms with Crippen LogP contribution in [-0.4, -0.2) is 60.4 Å². The van der Waals surface area contributed by atoms with Crippen molar-refractivity contribution in [1.82, 2.24) is 14.9 Å². The molecule has 26 heavy (non-hydrogen) atoms. The quantitative estimate of drug-likeness (QED) is 0.576. The number of rotatable bonds is 5. The zero-order valence-corrected chi connectivity index (χ0v) is 16.4. The first-order valence-electron chi connectivity index (χ1n) is 8.32. The minimum Gasteiger partial charge on any atom is -0.378 e. The van der Waals surface area contributed by atoms with Gasteiger partial charge in [0.05, 0.1) is 24.4 Å². The van der Waals surface area contributed by atoms with Gasteiger partial charge in [-0.25, -0.2) is 9.97 Å². The molecule has 138 valence electrons. The number of amides is 1. The molecule has 8 heteroatoms. The SMILES string of the molecule is CSc1ncc(Cl)c(C(=O)N(C)Cc2ccccc2N2CCOCC2)n1. The Kier molecular flexibility index (Phi) is 6.34. The molecule has 0 saturated carbocycles. The number of carbonyl (C=O) groups excluding carboxylic acids is 1. The highest BCUT2D eigenvalue weighted by Crippen LogP contribution is 2.24. The molecule has 1 amide bonds. The van der Waals surface area contributed by atoms with Crippen molar-refractivity contribution in [2.75, 3.05) is 44.5 Å². The van der Waals surface area contributed by atoms with Crippen molar-refractivity contribution in [3.05, 3.63) is 46.7 Å². The van der Waals surface area contributed by atoms with Crippen LogP contribution in [0.15, 0.2) is 35.6 Å². The van der Waals surface area contributed by atoms with E-state index in [0.717, 1.165) is 37.6 Å². The van der Waals surface area contributed by atoms with E-state index in [1.54, 1.807) is 11.9 Å². The summed E-state index contributed by atoms with van der Waals surface area (Å²) in [6.45, 7) is 3.61. The molecule has 3 rings (SSSR count). The molecule has 1 saturated heterocycles. The second kappa shape index (κ2) is 8.70. The largest absolute Gasteiger partial charge is 0.378 e. The summed E-state index contributed by atoms with van der Waals surface area (Å²) < 4.78 is 5.44. The topological polar surface area (TPSA) is 58.6 Å². The molecule has 1 aliphatic heterocycles. The molecule has 0 atom stereocenters. The normalized spacial score (nSPS) is 14.3. The first kappa shape index (κ1) is 18.9. The Labute approximate surface area is 162 Å². The summed E-state index contributed by atoms with van der Waals surface area (Å²) in [6, 6.07) is 8.13. The van der Waals surface area contributed by atoms with Crippen LogP contribution in [0.25, 0.3) is 0 Å². The van der Waals surface area contributed by atoms with Gasteiger partial charge in [-0.2, -0.15) is 0 Å². The van der Waals surface area contributed by atoms with Gasteiger partial charge in [0, 0.05) is 32.4 Å². The number of hydrogen-bond donors (Lipinski definition) is 0. The second-order valence-corrected chi connectivity index (χ2v) is 7.12. The van der Waals surface area contributed by atoms with Crippen LogP contribution in [-0.2, 0) is 11.3 Å². The fourth-order valence-corrected chi connectivity index (χ4v) is 3.38. The number of para-hydroxylation sites is 1. The molecule has 1 aromatic heterocycles. The molecule has 2 aromatic rings. The van der Waals surface area contributed by atoms with Crippen LogP contribution in [0.5, 0.6) is 0 Å². The fourth-order valence-electron chi connectivity index (χ4n) is 2.86. The van der Waals surface area contributed by atoms with Crippen LogP contribution in [0.1, 0.15) is 16.1 Å². The van der Waals surface area contributed by atoms with Gasteiger partial charge < -0.3 is 14.5 Å². The van der Waals surface area contributed by atoms with E-state index >= 15 is 0 Å². The summed E-state index contributed by atoms with van der Waals surface area (Å²) in [5.74, 6) is -0.218. The van der Waals surface area contributed by atoms with E-state index in [0.29, 0.717) is 11.7 Å². The van der Waals surface area contributed by atoms with Crippen molar-refractivity contribution < 1.29 is 9.53 Å². The van der Waals surface area contributed by atoms with Crippen molar-refractivity contribution in [2.45, 2.75) is 11.7 Å². The van der Waals surface area contributed by atoms with Gasteiger partial charge in [-0.05, 0) is 17.9 Å². The minimum absolute atomic E-state index is 0.218. The highest BCUT2D eigenvalue weighted by atomic mass is 35.5. The predicted octanol–water partition coefficient (Wildman–Crippen LogP) is 2.96. The maximum absolute atomic E-state index is 12.8. The third-order valence-corrected chi connectivity index (χ3v) is 5.04. The number of morpholine rings is 1. The highest BCUT2D eigenvalue weighted by molar-refractivity contribution is 7.98. The lowest BCUT2D eigenvalue weighted by atomic mass is 10.1.